The van der Waals surface area contributed by atoms with E-state index < -0.39 is 5.97 Å². The number of hydrogen-bond donors (Lipinski definition) is 2. The number of ether oxygens (including phenoxy) is 1. The van der Waals surface area contributed by atoms with E-state index in [0.717, 1.165) is 24.0 Å². The van der Waals surface area contributed by atoms with E-state index in [0.29, 0.717) is 42.1 Å². The van der Waals surface area contributed by atoms with Crippen molar-refractivity contribution in [1.29, 1.82) is 0 Å². The molecule has 2 amide bonds. The van der Waals surface area contributed by atoms with Crippen LogP contribution in [0.2, 0.25) is 0 Å². The molecule has 1 aromatic heterocycles. The van der Waals surface area contributed by atoms with Crippen LogP contribution in [0, 0.1) is 26.7 Å². The zero-order valence-electron chi connectivity index (χ0n) is 19.6. The van der Waals surface area contributed by atoms with Crippen molar-refractivity contribution >= 4 is 17.8 Å². The van der Waals surface area contributed by atoms with Crippen LogP contribution < -0.4 is 5.32 Å². The summed E-state index contributed by atoms with van der Waals surface area (Å²) < 4.78 is 5.32. The maximum Gasteiger partial charge on any atom is 0.340 e. The molecule has 2 aromatic rings. The number of benzene rings is 1. The van der Waals surface area contributed by atoms with Crippen LogP contribution in [-0.4, -0.2) is 46.9 Å². The van der Waals surface area contributed by atoms with E-state index in [1.54, 1.807) is 32.6 Å². The van der Waals surface area contributed by atoms with Crippen molar-refractivity contribution in [3.05, 3.63) is 57.9 Å². The lowest BCUT2D eigenvalue weighted by atomic mass is 9.96. The Morgan fingerprint density at radius 2 is 1.97 bits per heavy atom. The number of H-pyrrole nitrogens is 1. The maximum absolute atomic E-state index is 13.2. The van der Waals surface area contributed by atoms with Crippen molar-refractivity contribution < 1.29 is 19.1 Å². The van der Waals surface area contributed by atoms with Gasteiger partial charge in [0.25, 0.3) is 5.91 Å². The Labute approximate surface area is 189 Å². The number of nitrogens with one attached hydrogen (secondary N) is 2. The highest BCUT2D eigenvalue weighted by atomic mass is 16.5. The van der Waals surface area contributed by atoms with Gasteiger partial charge in [0.05, 0.1) is 17.6 Å². The van der Waals surface area contributed by atoms with Gasteiger partial charge in [-0.15, -0.1) is 0 Å². The fourth-order valence-corrected chi connectivity index (χ4v) is 4.23. The van der Waals surface area contributed by atoms with Crippen molar-refractivity contribution in [2.75, 3.05) is 13.1 Å². The van der Waals surface area contributed by atoms with Crippen LogP contribution in [0.15, 0.2) is 24.3 Å². The van der Waals surface area contributed by atoms with Crippen LogP contribution in [0.5, 0.6) is 0 Å². The van der Waals surface area contributed by atoms with Crippen molar-refractivity contribution in [2.45, 2.75) is 60.1 Å². The van der Waals surface area contributed by atoms with Crippen LogP contribution in [0.1, 0.15) is 69.9 Å². The standard InChI is InChI=1S/C25H33N3O4/c1-15(2)32-25(31)21-17(4)22(27-18(21)5)24(30)28-11-7-10-20(14-28)23(29)26-13-19-9-6-8-16(3)12-19/h6,8-9,12,15,20,27H,7,10-11,13-14H2,1-5H3,(H,26,29)/t20-/m0/s1. The molecule has 1 fully saturated rings. The van der Waals surface area contributed by atoms with Gasteiger partial charge >= 0.3 is 5.97 Å². The quantitative estimate of drug-likeness (QED) is 0.672. The molecular weight excluding hydrogens is 406 g/mol. The largest absolute Gasteiger partial charge is 0.459 e. The predicted octanol–water partition coefficient (Wildman–Crippen LogP) is 3.67. The number of piperidine rings is 1. The molecule has 0 bridgehead atoms. The van der Waals surface area contributed by atoms with E-state index in [1.165, 1.54) is 0 Å². The number of rotatable bonds is 6. The molecule has 0 saturated carbocycles. The molecule has 2 heterocycles. The Hall–Kier alpha value is -3.09. The fourth-order valence-electron chi connectivity index (χ4n) is 4.23. The molecular formula is C25H33N3O4. The first-order valence-electron chi connectivity index (χ1n) is 11.2. The SMILES string of the molecule is Cc1cccc(CNC(=O)[C@H]2CCCN(C(=O)c3[nH]c(C)c(C(=O)OC(C)C)c3C)C2)c1. The number of likely N-dealkylation sites (tertiary alicyclic amines) is 1. The smallest absolute Gasteiger partial charge is 0.340 e. The number of aromatic amines is 1. The summed E-state index contributed by atoms with van der Waals surface area (Å²) in [5.41, 5.74) is 4.20. The lowest BCUT2D eigenvalue weighted by Crippen LogP contribution is -2.45. The summed E-state index contributed by atoms with van der Waals surface area (Å²) in [6, 6.07) is 8.04. The lowest BCUT2D eigenvalue weighted by molar-refractivity contribution is -0.126. The van der Waals surface area contributed by atoms with Gasteiger partial charge < -0.3 is 19.9 Å². The second kappa shape index (κ2) is 10.0. The van der Waals surface area contributed by atoms with E-state index in [-0.39, 0.29) is 23.8 Å². The summed E-state index contributed by atoms with van der Waals surface area (Å²) in [7, 11) is 0. The molecule has 172 valence electrons. The van der Waals surface area contributed by atoms with E-state index in [4.69, 9.17) is 4.74 Å². The third-order valence-corrected chi connectivity index (χ3v) is 5.83. The second-order valence-electron chi connectivity index (χ2n) is 8.88. The van der Waals surface area contributed by atoms with Crippen LogP contribution in [0.3, 0.4) is 0 Å². The Bertz CT molecular complexity index is 1010. The number of carbonyl (C=O) groups excluding carboxylic acids is 3. The van der Waals surface area contributed by atoms with Gasteiger partial charge in [0, 0.05) is 25.3 Å². The summed E-state index contributed by atoms with van der Waals surface area (Å²) in [5.74, 6) is -0.911. The molecule has 3 rings (SSSR count). The lowest BCUT2D eigenvalue weighted by Gasteiger charge is -2.32. The summed E-state index contributed by atoms with van der Waals surface area (Å²) in [4.78, 5) is 43.2. The van der Waals surface area contributed by atoms with Crippen LogP contribution in [-0.2, 0) is 16.1 Å². The number of nitrogens with zero attached hydrogens (tertiary/aromatic N) is 1. The summed E-state index contributed by atoms with van der Waals surface area (Å²) in [6.07, 6.45) is 1.27. The highest BCUT2D eigenvalue weighted by Gasteiger charge is 2.32. The van der Waals surface area contributed by atoms with Crippen LogP contribution in [0.4, 0.5) is 0 Å². The van der Waals surface area contributed by atoms with E-state index >= 15 is 0 Å². The second-order valence-corrected chi connectivity index (χ2v) is 8.88. The zero-order valence-corrected chi connectivity index (χ0v) is 19.6. The molecule has 0 radical (unpaired) electrons. The number of hydrogen-bond acceptors (Lipinski definition) is 4. The molecule has 0 spiro atoms. The molecule has 1 aliphatic heterocycles. The Morgan fingerprint density at radius 3 is 2.66 bits per heavy atom. The zero-order chi connectivity index (χ0) is 23.4. The van der Waals surface area contributed by atoms with Crippen LogP contribution in [0.25, 0.3) is 0 Å². The Morgan fingerprint density at radius 1 is 1.22 bits per heavy atom. The topological polar surface area (TPSA) is 91.5 Å². The minimum Gasteiger partial charge on any atom is -0.459 e. The predicted molar refractivity (Wildman–Crippen MR) is 122 cm³/mol. The first-order valence-corrected chi connectivity index (χ1v) is 11.2. The number of carbonyl (C=O) groups is 3. The Kier molecular flexibility index (Phi) is 7.38. The molecule has 7 heteroatoms. The minimum atomic E-state index is -0.433. The number of amides is 2. The third kappa shape index (κ3) is 5.39. The monoisotopic (exact) mass is 439 g/mol. The van der Waals surface area contributed by atoms with Gasteiger partial charge in [-0.25, -0.2) is 4.79 Å². The van der Waals surface area contributed by atoms with Gasteiger partial charge in [0.1, 0.15) is 5.69 Å². The van der Waals surface area contributed by atoms with E-state index in [2.05, 4.69) is 16.4 Å². The highest BCUT2D eigenvalue weighted by molar-refractivity contribution is 6.00. The summed E-state index contributed by atoms with van der Waals surface area (Å²) in [5, 5.41) is 3.01. The molecule has 2 N–H and O–H groups in total. The number of esters is 1. The van der Waals surface area contributed by atoms with Gasteiger partial charge in [-0.3, -0.25) is 9.59 Å². The van der Waals surface area contributed by atoms with Gasteiger partial charge in [0.2, 0.25) is 5.91 Å². The molecule has 1 atom stereocenters. The maximum atomic E-state index is 13.2. The number of aromatic nitrogens is 1. The molecule has 0 aliphatic carbocycles. The third-order valence-electron chi connectivity index (χ3n) is 5.83. The summed E-state index contributed by atoms with van der Waals surface area (Å²) in [6.45, 7) is 10.5. The first kappa shape index (κ1) is 23.6. The highest BCUT2D eigenvalue weighted by Crippen LogP contribution is 2.24. The average Bonchev–Trinajstić information content (AvgIpc) is 3.05. The first-order chi connectivity index (χ1) is 15.2. The number of aryl methyl sites for hydroxylation is 2. The van der Waals surface area contributed by atoms with Gasteiger partial charge in [-0.05, 0) is 58.6 Å². The molecule has 1 aliphatic rings. The minimum absolute atomic E-state index is 0.0374. The van der Waals surface area contributed by atoms with Crippen molar-refractivity contribution in [3.8, 4) is 0 Å². The van der Waals surface area contributed by atoms with E-state index in [9.17, 15) is 14.4 Å². The normalized spacial score (nSPS) is 16.2. The van der Waals surface area contributed by atoms with Gasteiger partial charge in [-0.2, -0.15) is 0 Å². The van der Waals surface area contributed by atoms with Crippen molar-refractivity contribution in [2.24, 2.45) is 5.92 Å². The van der Waals surface area contributed by atoms with Gasteiger partial charge in [-0.1, -0.05) is 29.8 Å². The molecule has 0 unspecified atom stereocenters. The van der Waals surface area contributed by atoms with Crippen molar-refractivity contribution in [3.63, 3.8) is 0 Å². The molecule has 1 aromatic carbocycles. The fraction of sp³-hybridized carbons (Fsp3) is 0.480. The molecule has 7 nitrogen and oxygen atoms in total. The average molecular weight is 440 g/mol. The van der Waals surface area contributed by atoms with Gasteiger partial charge in [0.15, 0.2) is 0 Å². The van der Waals surface area contributed by atoms with Crippen LogP contribution >= 0.6 is 0 Å². The van der Waals surface area contributed by atoms with Crippen molar-refractivity contribution in [1.82, 2.24) is 15.2 Å². The van der Waals surface area contributed by atoms with E-state index in [1.807, 2.05) is 25.1 Å². The Balaban J connectivity index is 1.66. The molecule has 32 heavy (non-hydrogen) atoms. The summed E-state index contributed by atoms with van der Waals surface area (Å²) >= 11 is 0. The molecule has 1 saturated heterocycles.